The Balaban J connectivity index is 2.19. The molecule has 0 aromatic carbocycles. The molecule has 0 N–H and O–H groups in total. The van der Waals surface area contributed by atoms with E-state index in [1.54, 1.807) is 18.7 Å². The molecule has 1 unspecified atom stereocenters. The molecular formula is C17H25N6O2+. The quantitative estimate of drug-likeness (QED) is 0.771. The smallest absolute Gasteiger partial charge is 0.270 e. The highest BCUT2D eigenvalue weighted by Gasteiger charge is 2.52. The van der Waals surface area contributed by atoms with E-state index in [1.807, 2.05) is 25.3 Å². The van der Waals surface area contributed by atoms with E-state index >= 15 is 0 Å². The number of imide groups is 1. The molecule has 2 aliphatic rings. The number of aromatic nitrogens is 2. The molecule has 1 fully saturated rings. The number of aryl methyl sites for hydroxylation is 1. The molecular weight excluding hydrogens is 320 g/mol. The third-order valence-electron chi connectivity index (χ3n) is 5.01. The van der Waals surface area contributed by atoms with Crippen molar-refractivity contribution in [1.82, 2.24) is 19.6 Å². The number of likely N-dealkylation sites (N-methyl/N-ethyl adjacent to an activating group) is 2. The highest BCUT2D eigenvalue weighted by Crippen LogP contribution is 2.22. The van der Waals surface area contributed by atoms with Crippen molar-refractivity contribution < 1.29 is 14.2 Å². The average Bonchev–Trinajstić information content (AvgIpc) is 3.07. The minimum atomic E-state index is -0.568. The second-order valence-electron chi connectivity index (χ2n) is 6.50. The van der Waals surface area contributed by atoms with E-state index in [2.05, 4.69) is 17.0 Å². The summed E-state index contributed by atoms with van der Waals surface area (Å²) in [5.74, 6) is 0.876. The van der Waals surface area contributed by atoms with Gasteiger partial charge in [0.15, 0.2) is 0 Å². The fourth-order valence-corrected chi connectivity index (χ4v) is 3.35. The summed E-state index contributed by atoms with van der Waals surface area (Å²) < 4.78 is 3.75. The lowest BCUT2D eigenvalue weighted by molar-refractivity contribution is -0.537. The molecule has 3 heterocycles. The molecule has 0 saturated carbocycles. The van der Waals surface area contributed by atoms with Crippen molar-refractivity contribution in [3.63, 3.8) is 0 Å². The maximum atomic E-state index is 12.9. The van der Waals surface area contributed by atoms with E-state index in [9.17, 15) is 9.59 Å². The zero-order valence-electron chi connectivity index (χ0n) is 15.7. The highest BCUT2D eigenvalue weighted by atomic mass is 16.2. The van der Waals surface area contributed by atoms with Gasteiger partial charge >= 0.3 is 12.0 Å². The fraction of sp³-hybridized carbons (Fsp3) is 0.588. The van der Waals surface area contributed by atoms with E-state index in [0.29, 0.717) is 24.9 Å². The second kappa shape index (κ2) is 6.09. The molecule has 0 bridgehead atoms. The lowest BCUT2D eigenvalue weighted by Crippen LogP contribution is -2.62. The van der Waals surface area contributed by atoms with Gasteiger partial charge in [-0.3, -0.25) is 14.6 Å². The average molecular weight is 345 g/mol. The summed E-state index contributed by atoms with van der Waals surface area (Å²) in [6.07, 6.45) is 0.859. The van der Waals surface area contributed by atoms with Crippen LogP contribution in [0.2, 0.25) is 0 Å². The molecule has 1 saturated heterocycles. The molecule has 8 heteroatoms. The summed E-state index contributed by atoms with van der Waals surface area (Å²) in [6, 6.07) is -0.897. The van der Waals surface area contributed by atoms with Crippen molar-refractivity contribution >= 4 is 23.7 Å². The summed E-state index contributed by atoms with van der Waals surface area (Å²) in [4.78, 5) is 32.8. The second-order valence-corrected chi connectivity index (χ2v) is 6.50. The van der Waals surface area contributed by atoms with E-state index < -0.39 is 6.04 Å². The minimum absolute atomic E-state index is 0.217. The Bertz CT molecular complexity index is 819. The van der Waals surface area contributed by atoms with E-state index in [1.165, 1.54) is 9.80 Å². The number of carbonyl (C=O) groups is 2. The van der Waals surface area contributed by atoms with Gasteiger partial charge in [-0.15, -0.1) is 9.78 Å². The standard InChI is InChI=1S/C17H25N6O2/c1-7-9-22-13-14(20(6)17(25)21(8-2)15(13)24)18-16(22)23-12(5)10(3)11(4)19-23/h13H,7-9H2,1-6H3/q+1. The summed E-state index contributed by atoms with van der Waals surface area (Å²) >= 11 is 0. The van der Waals surface area contributed by atoms with Crippen LogP contribution in [0.15, 0.2) is 4.99 Å². The predicted molar refractivity (Wildman–Crippen MR) is 94.0 cm³/mol. The Morgan fingerprint density at radius 1 is 1.16 bits per heavy atom. The molecule has 1 aromatic rings. The Labute approximate surface area is 147 Å². The minimum Gasteiger partial charge on any atom is -0.270 e. The maximum absolute atomic E-state index is 12.9. The topological polar surface area (TPSA) is 73.8 Å². The van der Waals surface area contributed by atoms with Crippen LogP contribution < -0.4 is 0 Å². The van der Waals surface area contributed by atoms with Crippen molar-refractivity contribution in [3.8, 4) is 0 Å². The monoisotopic (exact) mass is 345 g/mol. The molecule has 3 rings (SSSR count). The molecule has 1 atom stereocenters. The molecule has 25 heavy (non-hydrogen) atoms. The van der Waals surface area contributed by atoms with Crippen LogP contribution in [0.3, 0.4) is 0 Å². The van der Waals surface area contributed by atoms with Crippen LogP contribution in [-0.4, -0.2) is 74.1 Å². The van der Waals surface area contributed by atoms with Gasteiger partial charge in [0.1, 0.15) is 5.69 Å². The van der Waals surface area contributed by atoms with Gasteiger partial charge in [0.05, 0.1) is 12.2 Å². The Kier molecular flexibility index (Phi) is 4.22. The van der Waals surface area contributed by atoms with Crippen LogP contribution >= 0.6 is 0 Å². The number of amidine groups is 1. The third kappa shape index (κ3) is 2.39. The molecule has 3 amide bonds. The molecule has 8 nitrogen and oxygen atoms in total. The van der Waals surface area contributed by atoms with Crippen molar-refractivity contribution in [2.24, 2.45) is 4.99 Å². The predicted octanol–water partition coefficient (Wildman–Crippen LogP) is 1.13. The summed E-state index contributed by atoms with van der Waals surface area (Å²) in [6.45, 7) is 10.8. The van der Waals surface area contributed by atoms with Gasteiger partial charge in [0.2, 0.25) is 11.9 Å². The lowest BCUT2D eigenvalue weighted by atomic mass is 10.1. The van der Waals surface area contributed by atoms with E-state index in [0.717, 1.165) is 23.4 Å². The molecule has 0 spiro atoms. The first-order valence-electron chi connectivity index (χ1n) is 8.67. The first-order chi connectivity index (χ1) is 11.8. The van der Waals surface area contributed by atoms with E-state index in [-0.39, 0.29) is 11.9 Å². The number of nitrogens with zero attached hydrogens (tertiary/aromatic N) is 6. The fourth-order valence-electron chi connectivity index (χ4n) is 3.35. The van der Waals surface area contributed by atoms with Gasteiger partial charge in [-0.1, -0.05) is 11.9 Å². The number of rotatable bonds is 3. The zero-order chi connectivity index (χ0) is 18.5. The molecule has 134 valence electrons. The van der Waals surface area contributed by atoms with Crippen LogP contribution in [0.25, 0.3) is 0 Å². The van der Waals surface area contributed by atoms with Crippen molar-refractivity contribution in [3.05, 3.63) is 17.0 Å². The number of hydrogen-bond acceptors (Lipinski definition) is 4. The van der Waals surface area contributed by atoms with E-state index in [4.69, 9.17) is 0 Å². The summed E-state index contributed by atoms with van der Waals surface area (Å²) in [7, 11) is 1.67. The number of carbonyl (C=O) groups excluding carboxylic acids is 2. The number of hydrogen-bond donors (Lipinski definition) is 0. The van der Waals surface area contributed by atoms with Gasteiger partial charge in [-0.25, -0.2) is 9.37 Å². The highest BCUT2D eigenvalue weighted by molar-refractivity contribution is 6.22. The summed E-state index contributed by atoms with van der Waals surface area (Å²) in [5, 5.41) is 4.59. The molecule has 0 radical (unpaired) electrons. The van der Waals surface area contributed by atoms with Gasteiger partial charge in [-0.05, 0) is 34.1 Å². The largest absolute Gasteiger partial charge is 0.421 e. The molecule has 0 aliphatic carbocycles. The zero-order valence-corrected chi connectivity index (χ0v) is 15.7. The Hall–Kier alpha value is -2.51. The lowest BCUT2D eigenvalue weighted by Gasteiger charge is -2.33. The van der Waals surface area contributed by atoms with Crippen molar-refractivity contribution in [2.75, 3.05) is 20.1 Å². The van der Waals surface area contributed by atoms with Crippen LogP contribution in [0.1, 0.15) is 37.2 Å². The van der Waals surface area contributed by atoms with Crippen LogP contribution in [0, 0.1) is 20.8 Å². The first kappa shape index (κ1) is 17.3. The van der Waals surface area contributed by atoms with Gasteiger partial charge in [-0.2, -0.15) is 0 Å². The van der Waals surface area contributed by atoms with Gasteiger partial charge < -0.3 is 0 Å². The van der Waals surface area contributed by atoms with Crippen molar-refractivity contribution in [2.45, 2.75) is 47.1 Å². The van der Waals surface area contributed by atoms with Gasteiger partial charge in [0.25, 0.3) is 5.91 Å². The number of aliphatic imine (C=N–C) groups is 1. The van der Waals surface area contributed by atoms with Gasteiger partial charge in [0, 0.05) is 19.2 Å². The Morgan fingerprint density at radius 2 is 1.84 bits per heavy atom. The van der Waals surface area contributed by atoms with Crippen LogP contribution in [0.5, 0.6) is 0 Å². The van der Waals surface area contributed by atoms with Crippen molar-refractivity contribution in [1.29, 1.82) is 0 Å². The number of fused-ring (bicyclic) bond motifs is 1. The molecule has 2 aliphatic heterocycles. The third-order valence-corrected chi connectivity index (χ3v) is 5.01. The number of urea groups is 1. The Morgan fingerprint density at radius 3 is 2.36 bits per heavy atom. The van der Waals surface area contributed by atoms with Crippen LogP contribution in [0.4, 0.5) is 4.79 Å². The SMILES string of the molecule is CCC[N+]1=C(n2nc(C)c(C)c2C)N=C2C1C(=O)N(CC)C(=O)N2C. The van der Waals surface area contributed by atoms with Crippen LogP contribution in [-0.2, 0) is 4.79 Å². The number of amides is 3. The first-order valence-corrected chi connectivity index (χ1v) is 8.67. The maximum Gasteiger partial charge on any atom is 0.421 e. The normalized spacial score (nSPS) is 20.6. The summed E-state index contributed by atoms with van der Waals surface area (Å²) in [5.41, 5.74) is 3.03. The molecule has 1 aromatic heterocycles.